The predicted octanol–water partition coefficient (Wildman–Crippen LogP) is -1.95. The zero-order valence-corrected chi connectivity index (χ0v) is 11.5. The Bertz CT molecular complexity index is 290. The third kappa shape index (κ3) is 4.59. The summed E-state index contributed by atoms with van der Waals surface area (Å²) in [5.41, 5.74) is -0.858. The van der Waals surface area contributed by atoms with Gasteiger partial charge in [0.25, 0.3) is 0 Å². The van der Waals surface area contributed by atoms with Crippen molar-refractivity contribution >= 4 is 17.7 Å². The summed E-state index contributed by atoms with van der Waals surface area (Å²) in [7, 11) is 0. The summed E-state index contributed by atoms with van der Waals surface area (Å²) in [5, 5.41) is 40.6. The van der Waals surface area contributed by atoms with Crippen LogP contribution in [0, 0.1) is 0 Å². The molecule has 5 N–H and O–H groups in total. The molecular weight excluding hydrogens is 274 g/mol. The van der Waals surface area contributed by atoms with Crippen molar-refractivity contribution in [2.24, 2.45) is 0 Å². The molecule has 1 fully saturated rings. The van der Waals surface area contributed by atoms with E-state index in [1.165, 1.54) is 0 Å². The van der Waals surface area contributed by atoms with Gasteiger partial charge in [-0.3, -0.25) is 4.79 Å². The molecule has 7 nitrogen and oxygen atoms in total. The van der Waals surface area contributed by atoms with Crippen molar-refractivity contribution in [1.82, 2.24) is 5.32 Å². The first kappa shape index (κ1) is 16.7. The van der Waals surface area contributed by atoms with Gasteiger partial charge in [-0.15, -0.1) is 11.8 Å². The van der Waals surface area contributed by atoms with Crippen molar-refractivity contribution in [3.05, 3.63) is 0 Å². The lowest BCUT2D eigenvalue weighted by Gasteiger charge is -2.39. The molecule has 0 aromatic heterocycles. The monoisotopic (exact) mass is 295 g/mol. The van der Waals surface area contributed by atoms with E-state index in [-0.39, 0.29) is 11.7 Å². The van der Waals surface area contributed by atoms with E-state index < -0.39 is 36.5 Å². The zero-order chi connectivity index (χ0) is 14.4. The highest BCUT2D eigenvalue weighted by Crippen LogP contribution is 2.28. The average Bonchev–Trinajstić information content (AvgIpc) is 2.41. The van der Waals surface area contributed by atoms with Crippen molar-refractivity contribution in [3.8, 4) is 0 Å². The van der Waals surface area contributed by atoms with Crippen LogP contribution in [-0.2, 0) is 9.53 Å². The molecule has 8 heteroatoms. The molecule has 0 aromatic carbocycles. The van der Waals surface area contributed by atoms with Crippen LogP contribution in [0.25, 0.3) is 0 Å². The summed E-state index contributed by atoms with van der Waals surface area (Å²) in [4.78, 5) is 11.4. The van der Waals surface area contributed by atoms with E-state index in [1.54, 1.807) is 0 Å². The first-order chi connectivity index (χ1) is 9.01. The van der Waals surface area contributed by atoms with E-state index in [1.807, 2.05) is 6.92 Å². The van der Waals surface area contributed by atoms with E-state index in [2.05, 4.69) is 5.32 Å². The van der Waals surface area contributed by atoms with Crippen LogP contribution in [-0.4, -0.2) is 75.1 Å². The number of aliphatic hydroxyl groups is 4. The van der Waals surface area contributed by atoms with Gasteiger partial charge in [0.1, 0.15) is 29.9 Å². The summed E-state index contributed by atoms with van der Waals surface area (Å²) in [6.45, 7) is 2.04. The molecule has 112 valence electrons. The molecule has 1 rings (SSSR count). The Labute approximate surface area is 116 Å². The fourth-order valence-corrected chi connectivity index (χ4v) is 2.68. The molecule has 0 aromatic rings. The lowest BCUT2D eigenvalue weighted by molar-refractivity contribution is -0.205. The lowest BCUT2D eigenvalue weighted by Crippen LogP contribution is -2.57. The van der Waals surface area contributed by atoms with Gasteiger partial charge in [0.2, 0.25) is 5.91 Å². The van der Waals surface area contributed by atoms with Gasteiger partial charge in [-0.05, 0) is 6.42 Å². The Morgan fingerprint density at radius 1 is 1.26 bits per heavy atom. The molecule has 1 saturated heterocycles. The largest absolute Gasteiger partial charge is 0.394 e. The van der Waals surface area contributed by atoms with Gasteiger partial charge in [-0.2, -0.15) is 0 Å². The number of aliphatic hydroxyl groups excluding tert-OH is 4. The molecule has 0 unspecified atom stereocenters. The number of thioether (sulfide) groups is 1. The van der Waals surface area contributed by atoms with Crippen molar-refractivity contribution in [2.45, 2.75) is 43.2 Å². The first-order valence-corrected chi connectivity index (χ1v) is 7.25. The minimum absolute atomic E-state index is 0.0721. The fraction of sp³-hybridized carbons (Fsp3) is 0.909. The molecule has 1 aliphatic rings. The summed E-state index contributed by atoms with van der Waals surface area (Å²) < 4.78 is 5.26. The Hall–Kier alpha value is -0.380. The Balaban J connectivity index is 2.46. The van der Waals surface area contributed by atoms with Gasteiger partial charge < -0.3 is 30.5 Å². The van der Waals surface area contributed by atoms with Crippen LogP contribution in [0.3, 0.4) is 0 Å². The second-order valence-corrected chi connectivity index (χ2v) is 5.44. The van der Waals surface area contributed by atoms with Gasteiger partial charge in [-0.1, -0.05) is 6.92 Å². The van der Waals surface area contributed by atoms with Crippen LogP contribution >= 0.6 is 11.8 Å². The normalized spacial score (nSPS) is 35.1. The topological polar surface area (TPSA) is 119 Å². The van der Waals surface area contributed by atoms with Crippen molar-refractivity contribution in [2.75, 3.05) is 18.9 Å². The minimum atomic E-state index is -1.40. The fourth-order valence-electron chi connectivity index (χ4n) is 1.68. The van der Waals surface area contributed by atoms with Gasteiger partial charge in [0, 0.05) is 6.54 Å². The number of hydrogen-bond acceptors (Lipinski definition) is 7. The van der Waals surface area contributed by atoms with E-state index in [9.17, 15) is 20.1 Å². The average molecular weight is 295 g/mol. The van der Waals surface area contributed by atoms with Crippen molar-refractivity contribution < 1.29 is 30.0 Å². The zero-order valence-electron chi connectivity index (χ0n) is 10.7. The standard InChI is InChI=1S/C11H21NO6S/c1-2-3-12-7(14)5-19-11-10(17)9(16)8(15)6(4-13)18-11/h6,8-11,13,15-17H,2-5H2,1H3,(H,12,14)/t6-,8-,9+,10-,11+/m1/s1. The highest BCUT2D eigenvalue weighted by Gasteiger charge is 2.43. The molecule has 5 atom stereocenters. The summed E-state index contributed by atoms with van der Waals surface area (Å²) in [5.74, 6) is -0.119. The number of carbonyl (C=O) groups is 1. The molecule has 0 bridgehead atoms. The molecule has 0 radical (unpaired) electrons. The number of nitrogens with one attached hydrogen (secondary N) is 1. The van der Waals surface area contributed by atoms with E-state index in [0.29, 0.717) is 6.54 Å². The molecule has 1 amide bonds. The number of hydrogen-bond donors (Lipinski definition) is 5. The van der Waals surface area contributed by atoms with E-state index in [4.69, 9.17) is 9.84 Å². The van der Waals surface area contributed by atoms with Gasteiger partial charge >= 0.3 is 0 Å². The second kappa shape index (κ2) is 8.03. The number of amides is 1. The summed E-state index contributed by atoms with van der Waals surface area (Å²) >= 11 is 1.02. The third-order valence-corrected chi connectivity index (χ3v) is 3.95. The Morgan fingerprint density at radius 2 is 1.95 bits per heavy atom. The van der Waals surface area contributed by atoms with Gasteiger partial charge in [0.15, 0.2) is 0 Å². The van der Waals surface area contributed by atoms with Crippen LogP contribution in [0.15, 0.2) is 0 Å². The van der Waals surface area contributed by atoms with Crippen LogP contribution in [0.2, 0.25) is 0 Å². The quantitative estimate of drug-likeness (QED) is 0.386. The summed E-state index contributed by atoms with van der Waals surface area (Å²) in [6.07, 6.45) is -4.18. The lowest BCUT2D eigenvalue weighted by atomic mass is 10.0. The molecule has 1 heterocycles. The molecule has 0 saturated carbocycles. The first-order valence-electron chi connectivity index (χ1n) is 6.20. The third-order valence-electron chi connectivity index (χ3n) is 2.80. The van der Waals surface area contributed by atoms with Crippen molar-refractivity contribution in [1.29, 1.82) is 0 Å². The maximum atomic E-state index is 11.4. The van der Waals surface area contributed by atoms with Crippen molar-refractivity contribution in [3.63, 3.8) is 0 Å². The molecule has 1 aliphatic heterocycles. The number of rotatable bonds is 6. The highest BCUT2D eigenvalue weighted by atomic mass is 32.2. The van der Waals surface area contributed by atoms with E-state index in [0.717, 1.165) is 18.2 Å². The predicted molar refractivity (Wildman–Crippen MR) is 69.5 cm³/mol. The Morgan fingerprint density at radius 3 is 2.53 bits per heavy atom. The van der Waals surface area contributed by atoms with E-state index >= 15 is 0 Å². The Kier molecular flexibility index (Phi) is 7.05. The van der Waals surface area contributed by atoms with Crippen LogP contribution in [0.4, 0.5) is 0 Å². The molecular formula is C11H21NO6S. The smallest absolute Gasteiger partial charge is 0.230 e. The van der Waals surface area contributed by atoms with Gasteiger partial charge in [-0.25, -0.2) is 0 Å². The minimum Gasteiger partial charge on any atom is -0.394 e. The van der Waals surface area contributed by atoms with Gasteiger partial charge in [0.05, 0.1) is 12.4 Å². The molecule has 0 aliphatic carbocycles. The van der Waals surface area contributed by atoms with Crippen LogP contribution in [0.5, 0.6) is 0 Å². The molecule has 0 spiro atoms. The number of ether oxygens (including phenoxy) is 1. The number of carbonyl (C=O) groups excluding carboxylic acids is 1. The SMILES string of the molecule is CCCNC(=O)CS[C@@H]1O[C@H](CO)[C@@H](O)[C@H](O)[C@H]1O. The maximum absolute atomic E-state index is 11.4. The molecule has 19 heavy (non-hydrogen) atoms. The second-order valence-electron chi connectivity index (χ2n) is 4.36. The van der Waals surface area contributed by atoms with Crippen LogP contribution < -0.4 is 5.32 Å². The van der Waals surface area contributed by atoms with Crippen LogP contribution in [0.1, 0.15) is 13.3 Å². The highest BCUT2D eigenvalue weighted by molar-refractivity contribution is 8.00. The summed E-state index contributed by atoms with van der Waals surface area (Å²) in [6, 6.07) is 0. The maximum Gasteiger partial charge on any atom is 0.230 e.